The molecule has 41 heavy (non-hydrogen) atoms. The number of nitrogens with zero attached hydrogens (tertiary/aromatic N) is 1. The number of aliphatic carboxylic acids is 1. The van der Waals surface area contributed by atoms with Gasteiger partial charge in [0.25, 0.3) is 0 Å². The molecule has 0 radical (unpaired) electrons. The Morgan fingerprint density at radius 3 is 2.17 bits per heavy atom. The lowest BCUT2D eigenvalue weighted by Gasteiger charge is -2.25. The van der Waals surface area contributed by atoms with E-state index in [1.165, 1.54) is 13.8 Å². The van der Waals surface area contributed by atoms with Crippen LogP contribution < -0.4 is 9.47 Å². The number of hydrogen-bond acceptors (Lipinski definition) is 6. The zero-order valence-electron chi connectivity index (χ0n) is 23.8. The van der Waals surface area contributed by atoms with Crippen molar-refractivity contribution in [2.24, 2.45) is 11.8 Å². The van der Waals surface area contributed by atoms with Crippen molar-refractivity contribution in [2.75, 3.05) is 19.3 Å². The van der Waals surface area contributed by atoms with Crippen LogP contribution >= 0.6 is 27.7 Å². The van der Waals surface area contributed by atoms with Crippen molar-refractivity contribution in [3.8, 4) is 11.5 Å². The van der Waals surface area contributed by atoms with E-state index < -0.39 is 23.6 Å². The Morgan fingerprint density at radius 2 is 1.61 bits per heavy atom. The Hall–Kier alpha value is -3.30. The molecule has 2 unspecified atom stereocenters. The van der Waals surface area contributed by atoms with Gasteiger partial charge in [-0.05, 0) is 99.4 Å². The Morgan fingerprint density at radius 1 is 1.00 bits per heavy atom. The summed E-state index contributed by atoms with van der Waals surface area (Å²) < 4.78 is 12.4. The summed E-state index contributed by atoms with van der Waals surface area (Å²) in [5.74, 6) is -0.625. The van der Waals surface area contributed by atoms with Crippen molar-refractivity contribution < 1.29 is 29.0 Å². The molecule has 1 heterocycles. The van der Waals surface area contributed by atoms with Crippen LogP contribution in [0.1, 0.15) is 40.9 Å². The Balaban J connectivity index is 1.59. The number of hydrogen-bond donors (Lipinski definition) is 1. The van der Waals surface area contributed by atoms with Crippen molar-refractivity contribution in [2.45, 2.75) is 44.6 Å². The van der Waals surface area contributed by atoms with E-state index in [1.807, 2.05) is 56.5 Å². The first-order valence-corrected chi connectivity index (χ1v) is 15.3. The Kier molecular flexibility index (Phi) is 9.49. The number of carboxylic acid groups (broad SMARTS) is 1. The number of carbonyl (C=O) groups excluding carboxylic acids is 2. The van der Waals surface area contributed by atoms with Crippen LogP contribution in [-0.4, -0.2) is 52.8 Å². The van der Waals surface area contributed by atoms with Crippen molar-refractivity contribution >= 4 is 45.5 Å². The van der Waals surface area contributed by atoms with Crippen LogP contribution in [0.4, 0.5) is 4.79 Å². The lowest BCUT2D eigenvalue weighted by molar-refractivity contribution is -0.152. The van der Waals surface area contributed by atoms with E-state index in [2.05, 4.69) is 15.9 Å². The molecule has 0 aromatic heterocycles. The van der Waals surface area contributed by atoms with Crippen LogP contribution in [0.3, 0.4) is 0 Å². The third kappa shape index (κ3) is 7.32. The summed E-state index contributed by atoms with van der Waals surface area (Å²) in [6, 6.07) is 18.5. The fourth-order valence-electron chi connectivity index (χ4n) is 5.08. The molecule has 2 atom stereocenters. The lowest BCUT2D eigenvalue weighted by atomic mass is 9.84. The summed E-state index contributed by atoms with van der Waals surface area (Å²) in [6.07, 6.45) is 2.06. The van der Waals surface area contributed by atoms with Crippen LogP contribution in [0.15, 0.2) is 70.0 Å². The van der Waals surface area contributed by atoms with Crippen LogP contribution in [0, 0.1) is 25.7 Å². The van der Waals surface area contributed by atoms with Gasteiger partial charge in [0.15, 0.2) is 11.4 Å². The fraction of sp³-hybridized carbons (Fsp3) is 0.344. The molecular formula is C32H34BrNO6S. The van der Waals surface area contributed by atoms with E-state index in [9.17, 15) is 19.5 Å². The molecule has 9 heteroatoms. The monoisotopic (exact) mass is 639 g/mol. The highest BCUT2D eigenvalue weighted by atomic mass is 79.9. The van der Waals surface area contributed by atoms with Crippen LogP contribution in [-0.2, 0) is 11.2 Å². The van der Waals surface area contributed by atoms with E-state index in [0.29, 0.717) is 30.0 Å². The molecule has 1 aliphatic heterocycles. The summed E-state index contributed by atoms with van der Waals surface area (Å²) in [5.41, 5.74) is 1.86. The highest BCUT2D eigenvalue weighted by Gasteiger charge is 2.41. The Bertz CT molecular complexity index is 1410. The summed E-state index contributed by atoms with van der Waals surface area (Å²) in [4.78, 5) is 41.2. The first-order valence-electron chi connectivity index (χ1n) is 13.3. The third-order valence-electron chi connectivity index (χ3n) is 7.32. The number of ketones is 1. The van der Waals surface area contributed by atoms with E-state index in [0.717, 1.165) is 26.1 Å². The van der Waals surface area contributed by atoms with Gasteiger partial charge in [0.1, 0.15) is 11.5 Å². The van der Waals surface area contributed by atoms with Crippen molar-refractivity contribution in [3.63, 3.8) is 0 Å². The minimum absolute atomic E-state index is 0.00167. The number of benzene rings is 3. The van der Waals surface area contributed by atoms with Gasteiger partial charge in [-0.2, -0.15) is 0 Å². The minimum atomic E-state index is -1.37. The van der Waals surface area contributed by atoms with Crippen LogP contribution in [0.2, 0.25) is 0 Å². The zero-order valence-corrected chi connectivity index (χ0v) is 26.2. The molecule has 1 saturated heterocycles. The van der Waals surface area contributed by atoms with Gasteiger partial charge in [-0.15, -0.1) is 11.8 Å². The SMILES string of the molecule is CSc1ccc(C(=O)C2CN(C(=O)Oc3ccc(Br)cc3)CC2Cc2cc(C)c(OC(C)(C)C(=O)O)c(C)c2)cc1. The van der Waals surface area contributed by atoms with Gasteiger partial charge in [-0.25, -0.2) is 9.59 Å². The molecular weight excluding hydrogens is 606 g/mol. The number of aryl methyl sites for hydroxylation is 2. The molecule has 4 rings (SSSR count). The van der Waals surface area contributed by atoms with Gasteiger partial charge in [-0.1, -0.05) is 40.2 Å². The first kappa shape index (κ1) is 30.7. The molecule has 0 spiro atoms. The average molecular weight is 641 g/mol. The van der Waals surface area contributed by atoms with Crippen LogP contribution in [0.25, 0.3) is 0 Å². The number of carboxylic acids is 1. The largest absolute Gasteiger partial charge is 0.478 e. The summed E-state index contributed by atoms with van der Waals surface area (Å²) >= 11 is 5.00. The maximum Gasteiger partial charge on any atom is 0.415 e. The maximum atomic E-state index is 13.8. The number of thioether (sulfide) groups is 1. The maximum absolute atomic E-state index is 13.8. The lowest BCUT2D eigenvalue weighted by Crippen LogP contribution is -2.38. The number of carbonyl (C=O) groups is 3. The predicted molar refractivity (Wildman–Crippen MR) is 163 cm³/mol. The average Bonchev–Trinajstić information content (AvgIpc) is 3.35. The van der Waals surface area contributed by atoms with Gasteiger partial charge in [0.2, 0.25) is 0 Å². The molecule has 1 N–H and O–H groups in total. The highest BCUT2D eigenvalue weighted by Crippen LogP contribution is 2.34. The second-order valence-electron chi connectivity index (χ2n) is 10.9. The molecule has 0 saturated carbocycles. The minimum Gasteiger partial charge on any atom is -0.478 e. The second-order valence-corrected chi connectivity index (χ2v) is 12.7. The number of ether oxygens (including phenoxy) is 2. The fourth-order valence-corrected chi connectivity index (χ4v) is 5.75. The summed E-state index contributed by atoms with van der Waals surface area (Å²) in [5, 5.41) is 9.51. The van der Waals surface area contributed by atoms with E-state index in [4.69, 9.17) is 9.47 Å². The van der Waals surface area contributed by atoms with Gasteiger partial charge < -0.3 is 19.5 Å². The number of halogens is 1. The van der Waals surface area contributed by atoms with Crippen molar-refractivity contribution in [1.82, 2.24) is 4.90 Å². The van der Waals surface area contributed by atoms with Gasteiger partial charge >= 0.3 is 12.1 Å². The van der Waals surface area contributed by atoms with Gasteiger partial charge in [0, 0.05) is 33.9 Å². The molecule has 216 valence electrons. The standard InChI is InChI=1S/C32H34BrNO6S/c1-19-14-21(15-20(2)29(19)40-32(3,4)30(36)37)16-23-17-34(31(38)39-25-10-8-24(33)9-11-25)18-27(23)28(35)22-6-12-26(41-5)13-7-22/h6-15,23,27H,16-18H2,1-5H3,(H,36,37). The highest BCUT2D eigenvalue weighted by molar-refractivity contribution is 9.10. The second kappa shape index (κ2) is 12.7. The molecule has 1 aliphatic rings. The normalized spacial score (nSPS) is 16.9. The molecule has 3 aromatic carbocycles. The number of likely N-dealkylation sites (tertiary alicyclic amines) is 1. The molecule has 7 nitrogen and oxygen atoms in total. The zero-order chi connectivity index (χ0) is 29.9. The number of Topliss-reactive ketones (excluding diaryl/α,β-unsaturated/α-hetero) is 1. The van der Waals surface area contributed by atoms with Crippen LogP contribution in [0.5, 0.6) is 11.5 Å². The topological polar surface area (TPSA) is 93.1 Å². The van der Waals surface area contributed by atoms with E-state index in [1.54, 1.807) is 40.9 Å². The van der Waals surface area contributed by atoms with E-state index >= 15 is 0 Å². The molecule has 0 bridgehead atoms. The quantitative estimate of drug-likeness (QED) is 0.195. The third-order valence-corrected chi connectivity index (χ3v) is 8.59. The van der Waals surface area contributed by atoms with E-state index in [-0.39, 0.29) is 18.2 Å². The van der Waals surface area contributed by atoms with Gasteiger partial charge in [0.05, 0.1) is 0 Å². The molecule has 1 fully saturated rings. The number of rotatable bonds is 9. The van der Waals surface area contributed by atoms with Crippen molar-refractivity contribution in [1.29, 1.82) is 0 Å². The summed E-state index contributed by atoms with van der Waals surface area (Å²) in [6.45, 7) is 7.44. The van der Waals surface area contributed by atoms with Crippen molar-refractivity contribution in [3.05, 3.63) is 87.4 Å². The smallest absolute Gasteiger partial charge is 0.415 e. The number of amides is 1. The predicted octanol–water partition coefficient (Wildman–Crippen LogP) is 7.20. The first-order chi connectivity index (χ1) is 19.4. The Labute approximate surface area is 253 Å². The molecule has 0 aliphatic carbocycles. The summed E-state index contributed by atoms with van der Waals surface area (Å²) in [7, 11) is 0. The molecule has 1 amide bonds. The molecule has 3 aromatic rings. The van der Waals surface area contributed by atoms with Gasteiger partial charge in [-0.3, -0.25) is 4.79 Å².